The first-order chi connectivity index (χ1) is 8.50. The van der Waals surface area contributed by atoms with Crippen LogP contribution in [0, 0.1) is 13.8 Å². The molecule has 2 aromatic rings. The van der Waals surface area contributed by atoms with Crippen LogP contribution in [0.3, 0.4) is 0 Å². The van der Waals surface area contributed by atoms with Crippen LogP contribution < -0.4 is 5.73 Å². The number of benzene rings is 2. The standard InChI is InChI=1S/C15H15NO2/c1-9-7-11(17)8-10(2)14(9)15(18)12-5-3-4-6-13(12)16/h3-8,17H,16H2,1-2H3. The third kappa shape index (κ3) is 2.07. The molecule has 0 bridgehead atoms. The fourth-order valence-corrected chi connectivity index (χ4v) is 2.14. The molecule has 0 spiro atoms. The number of phenols is 1. The van der Waals surface area contributed by atoms with Crippen molar-refractivity contribution in [3.63, 3.8) is 0 Å². The lowest BCUT2D eigenvalue weighted by Gasteiger charge is -2.11. The van der Waals surface area contributed by atoms with E-state index in [1.807, 2.05) is 0 Å². The van der Waals surface area contributed by atoms with Gasteiger partial charge in [-0.3, -0.25) is 4.79 Å². The van der Waals surface area contributed by atoms with E-state index >= 15 is 0 Å². The SMILES string of the molecule is Cc1cc(O)cc(C)c1C(=O)c1ccccc1N. The van der Waals surface area contributed by atoms with Gasteiger partial charge in [0.05, 0.1) is 0 Å². The summed E-state index contributed by atoms with van der Waals surface area (Å²) in [6.45, 7) is 3.61. The number of phenolic OH excluding ortho intramolecular Hbond substituents is 1. The summed E-state index contributed by atoms with van der Waals surface area (Å²) in [4.78, 5) is 12.5. The number of para-hydroxylation sites is 1. The Bertz CT molecular complexity index is 595. The summed E-state index contributed by atoms with van der Waals surface area (Å²) >= 11 is 0. The molecule has 3 heteroatoms. The number of ketones is 1. The summed E-state index contributed by atoms with van der Waals surface area (Å²) in [7, 11) is 0. The third-order valence-corrected chi connectivity index (χ3v) is 2.95. The van der Waals surface area contributed by atoms with E-state index < -0.39 is 0 Å². The first-order valence-corrected chi connectivity index (χ1v) is 5.70. The number of aryl methyl sites for hydroxylation is 2. The third-order valence-electron chi connectivity index (χ3n) is 2.95. The smallest absolute Gasteiger partial charge is 0.195 e. The largest absolute Gasteiger partial charge is 0.508 e. The van der Waals surface area contributed by atoms with Crippen molar-refractivity contribution in [1.82, 2.24) is 0 Å². The van der Waals surface area contributed by atoms with Crippen LogP contribution >= 0.6 is 0 Å². The summed E-state index contributed by atoms with van der Waals surface area (Å²) in [6.07, 6.45) is 0. The second kappa shape index (κ2) is 4.53. The van der Waals surface area contributed by atoms with Crippen LogP contribution in [0.4, 0.5) is 5.69 Å². The second-order valence-electron chi connectivity index (χ2n) is 4.37. The average molecular weight is 241 g/mol. The van der Waals surface area contributed by atoms with Crippen molar-refractivity contribution in [3.8, 4) is 5.75 Å². The van der Waals surface area contributed by atoms with Crippen molar-refractivity contribution in [2.24, 2.45) is 0 Å². The number of rotatable bonds is 2. The minimum atomic E-state index is -0.108. The summed E-state index contributed by atoms with van der Waals surface area (Å²) in [6, 6.07) is 10.2. The Hall–Kier alpha value is -2.29. The van der Waals surface area contributed by atoms with E-state index in [2.05, 4.69) is 0 Å². The molecule has 0 radical (unpaired) electrons. The van der Waals surface area contributed by atoms with Crippen molar-refractivity contribution < 1.29 is 9.90 Å². The molecule has 0 aliphatic carbocycles. The highest BCUT2D eigenvalue weighted by atomic mass is 16.3. The van der Waals surface area contributed by atoms with E-state index in [1.54, 1.807) is 50.2 Å². The summed E-state index contributed by atoms with van der Waals surface area (Å²) in [5.74, 6) is 0.0608. The molecule has 0 saturated carbocycles. The molecule has 2 aromatic carbocycles. The normalized spacial score (nSPS) is 10.3. The average Bonchev–Trinajstić information content (AvgIpc) is 2.27. The van der Waals surface area contributed by atoms with Gasteiger partial charge in [-0.15, -0.1) is 0 Å². The maximum Gasteiger partial charge on any atom is 0.195 e. The van der Waals surface area contributed by atoms with E-state index in [9.17, 15) is 9.90 Å². The second-order valence-corrected chi connectivity index (χ2v) is 4.37. The molecule has 0 unspecified atom stereocenters. The number of anilines is 1. The van der Waals surface area contributed by atoms with Crippen molar-refractivity contribution >= 4 is 11.5 Å². The predicted molar refractivity (Wildman–Crippen MR) is 71.9 cm³/mol. The molecule has 0 aromatic heterocycles. The number of nitrogen functional groups attached to an aromatic ring is 1. The lowest BCUT2D eigenvalue weighted by atomic mass is 9.94. The molecule has 0 heterocycles. The highest BCUT2D eigenvalue weighted by Crippen LogP contribution is 2.25. The van der Waals surface area contributed by atoms with Crippen LogP contribution in [0.2, 0.25) is 0 Å². The first-order valence-electron chi connectivity index (χ1n) is 5.70. The molecule has 3 nitrogen and oxygen atoms in total. The van der Waals surface area contributed by atoms with Crippen LogP contribution in [0.25, 0.3) is 0 Å². The minimum absolute atomic E-state index is 0.108. The molecule has 18 heavy (non-hydrogen) atoms. The Labute approximate surface area is 106 Å². The summed E-state index contributed by atoms with van der Waals surface area (Å²) in [5.41, 5.74) is 8.88. The Kier molecular flexibility index (Phi) is 3.06. The molecule has 92 valence electrons. The zero-order chi connectivity index (χ0) is 13.3. The van der Waals surface area contributed by atoms with Gasteiger partial charge in [-0.2, -0.15) is 0 Å². The molecular formula is C15H15NO2. The van der Waals surface area contributed by atoms with Gasteiger partial charge in [0.2, 0.25) is 0 Å². The topological polar surface area (TPSA) is 63.3 Å². The number of carbonyl (C=O) groups is 1. The Balaban J connectivity index is 2.57. The van der Waals surface area contributed by atoms with Crippen LogP contribution in [0.15, 0.2) is 36.4 Å². The molecule has 0 amide bonds. The fraction of sp³-hybridized carbons (Fsp3) is 0.133. The van der Waals surface area contributed by atoms with Crippen LogP contribution in [-0.2, 0) is 0 Å². The van der Waals surface area contributed by atoms with E-state index in [0.717, 1.165) is 11.1 Å². The number of hydrogen-bond acceptors (Lipinski definition) is 3. The zero-order valence-electron chi connectivity index (χ0n) is 10.4. The maximum atomic E-state index is 12.5. The van der Waals surface area contributed by atoms with E-state index in [0.29, 0.717) is 16.8 Å². The highest BCUT2D eigenvalue weighted by Gasteiger charge is 2.17. The molecule has 0 fully saturated rings. The zero-order valence-corrected chi connectivity index (χ0v) is 10.4. The molecular weight excluding hydrogens is 226 g/mol. The quantitative estimate of drug-likeness (QED) is 0.627. The van der Waals surface area contributed by atoms with Gasteiger partial charge in [0, 0.05) is 16.8 Å². The van der Waals surface area contributed by atoms with Crippen molar-refractivity contribution in [1.29, 1.82) is 0 Å². The number of aromatic hydroxyl groups is 1. The molecule has 2 rings (SSSR count). The maximum absolute atomic E-state index is 12.5. The van der Waals surface area contributed by atoms with E-state index in [-0.39, 0.29) is 11.5 Å². The van der Waals surface area contributed by atoms with Crippen molar-refractivity contribution in [3.05, 3.63) is 58.7 Å². The molecule has 3 N–H and O–H groups in total. The van der Waals surface area contributed by atoms with Gasteiger partial charge in [0.1, 0.15) is 5.75 Å². The Morgan fingerprint density at radius 3 is 2.22 bits per heavy atom. The summed E-state index contributed by atoms with van der Waals surface area (Å²) < 4.78 is 0. The lowest BCUT2D eigenvalue weighted by Crippen LogP contribution is -2.08. The van der Waals surface area contributed by atoms with Crippen molar-refractivity contribution in [2.75, 3.05) is 5.73 Å². The van der Waals surface area contributed by atoms with Gasteiger partial charge < -0.3 is 10.8 Å². The number of nitrogens with two attached hydrogens (primary N) is 1. The van der Waals surface area contributed by atoms with Gasteiger partial charge >= 0.3 is 0 Å². The fourth-order valence-electron chi connectivity index (χ4n) is 2.14. The Morgan fingerprint density at radius 2 is 1.67 bits per heavy atom. The van der Waals surface area contributed by atoms with Gasteiger partial charge in [-0.1, -0.05) is 12.1 Å². The predicted octanol–water partition coefficient (Wildman–Crippen LogP) is 2.82. The molecule has 0 saturated heterocycles. The first kappa shape index (κ1) is 12.2. The van der Waals surface area contributed by atoms with E-state index in [1.165, 1.54) is 0 Å². The van der Waals surface area contributed by atoms with Crippen LogP contribution in [-0.4, -0.2) is 10.9 Å². The van der Waals surface area contributed by atoms with Crippen LogP contribution in [0.5, 0.6) is 5.75 Å². The minimum Gasteiger partial charge on any atom is -0.508 e. The van der Waals surface area contributed by atoms with Crippen LogP contribution in [0.1, 0.15) is 27.0 Å². The van der Waals surface area contributed by atoms with Gasteiger partial charge in [-0.25, -0.2) is 0 Å². The number of carbonyl (C=O) groups excluding carboxylic acids is 1. The van der Waals surface area contributed by atoms with Crippen molar-refractivity contribution in [2.45, 2.75) is 13.8 Å². The number of hydrogen-bond donors (Lipinski definition) is 2. The van der Waals surface area contributed by atoms with E-state index in [4.69, 9.17) is 5.73 Å². The monoisotopic (exact) mass is 241 g/mol. The molecule has 0 aliphatic rings. The van der Waals surface area contributed by atoms with Gasteiger partial charge in [0.25, 0.3) is 0 Å². The molecule has 0 aliphatic heterocycles. The van der Waals surface area contributed by atoms with Gasteiger partial charge in [-0.05, 0) is 49.2 Å². The highest BCUT2D eigenvalue weighted by molar-refractivity contribution is 6.13. The summed E-state index contributed by atoms with van der Waals surface area (Å²) in [5, 5.41) is 9.49. The Morgan fingerprint density at radius 1 is 1.11 bits per heavy atom. The molecule has 0 atom stereocenters. The lowest BCUT2D eigenvalue weighted by molar-refractivity contribution is 0.103. The van der Waals surface area contributed by atoms with Gasteiger partial charge in [0.15, 0.2) is 5.78 Å².